The van der Waals surface area contributed by atoms with Gasteiger partial charge in [0.05, 0.1) is 0 Å². The van der Waals surface area contributed by atoms with Crippen LogP contribution in [0.3, 0.4) is 0 Å². The van der Waals surface area contributed by atoms with Gasteiger partial charge in [0.15, 0.2) is 0 Å². The SMILES string of the molecule is Cc1cn(C)c2ccc(Cl)cc12. The fourth-order valence-corrected chi connectivity index (χ4v) is 1.73. The van der Waals surface area contributed by atoms with Gasteiger partial charge in [-0.05, 0) is 30.7 Å². The van der Waals surface area contributed by atoms with Gasteiger partial charge in [-0.25, -0.2) is 0 Å². The Morgan fingerprint density at radius 2 is 2.08 bits per heavy atom. The molecule has 0 unspecified atom stereocenters. The van der Waals surface area contributed by atoms with E-state index in [4.69, 9.17) is 11.6 Å². The number of hydrogen-bond donors (Lipinski definition) is 0. The summed E-state index contributed by atoms with van der Waals surface area (Å²) in [5.74, 6) is 0. The summed E-state index contributed by atoms with van der Waals surface area (Å²) in [6.45, 7) is 2.10. The van der Waals surface area contributed by atoms with Gasteiger partial charge in [0.1, 0.15) is 0 Å². The predicted octanol–water partition coefficient (Wildman–Crippen LogP) is 3.14. The molecule has 0 atom stereocenters. The maximum atomic E-state index is 5.89. The van der Waals surface area contributed by atoms with Crippen LogP contribution in [0.4, 0.5) is 0 Å². The van der Waals surface area contributed by atoms with E-state index >= 15 is 0 Å². The van der Waals surface area contributed by atoms with Crippen molar-refractivity contribution in [1.29, 1.82) is 0 Å². The average Bonchev–Trinajstić information content (AvgIpc) is 2.28. The van der Waals surface area contributed by atoms with E-state index in [-0.39, 0.29) is 0 Å². The van der Waals surface area contributed by atoms with E-state index in [0.717, 1.165) is 5.02 Å². The zero-order valence-corrected chi connectivity index (χ0v) is 7.89. The van der Waals surface area contributed by atoms with E-state index in [1.165, 1.54) is 16.5 Å². The third-order valence-corrected chi connectivity index (χ3v) is 2.39. The van der Waals surface area contributed by atoms with Gasteiger partial charge in [0.25, 0.3) is 0 Å². The van der Waals surface area contributed by atoms with Crippen molar-refractivity contribution in [3.05, 3.63) is 35.0 Å². The Morgan fingerprint density at radius 1 is 1.33 bits per heavy atom. The number of benzene rings is 1. The summed E-state index contributed by atoms with van der Waals surface area (Å²) in [7, 11) is 2.04. The van der Waals surface area contributed by atoms with Crippen LogP contribution in [0.15, 0.2) is 24.4 Å². The molecule has 62 valence electrons. The molecule has 2 heteroatoms. The number of aromatic nitrogens is 1. The molecule has 12 heavy (non-hydrogen) atoms. The highest BCUT2D eigenvalue weighted by molar-refractivity contribution is 6.31. The number of nitrogens with zero attached hydrogens (tertiary/aromatic N) is 1. The van der Waals surface area contributed by atoms with Crippen molar-refractivity contribution in [1.82, 2.24) is 4.57 Å². The molecule has 0 aliphatic heterocycles. The first-order valence-electron chi connectivity index (χ1n) is 3.89. The van der Waals surface area contributed by atoms with Crippen LogP contribution in [0, 0.1) is 6.92 Å². The molecule has 2 aromatic rings. The minimum Gasteiger partial charge on any atom is -0.350 e. The van der Waals surface area contributed by atoms with E-state index in [9.17, 15) is 0 Å². The van der Waals surface area contributed by atoms with Crippen molar-refractivity contribution in [2.45, 2.75) is 6.92 Å². The Labute approximate surface area is 76.6 Å². The standard InChI is InChI=1S/C10H10ClN/c1-7-6-12(2)10-4-3-8(11)5-9(7)10/h3-6H,1-2H3. The first-order valence-corrected chi connectivity index (χ1v) is 4.27. The van der Waals surface area contributed by atoms with Crippen molar-refractivity contribution in [3.8, 4) is 0 Å². The molecule has 0 amide bonds. The second-order valence-corrected chi connectivity index (χ2v) is 3.52. The lowest BCUT2D eigenvalue weighted by Gasteiger charge is -1.95. The maximum Gasteiger partial charge on any atom is 0.0481 e. The molecule has 0 N–H and O–H groups in total. The van der Waals surface area contributed by atoms with E-state index in [1.54, 1.807) is 0 Å². The second kappa shape index (κ2) is 2.53. The smallest absolute Gasteiger partial charge is 0.0481 e. The van der Waals surface area contributed by atoms with Crippen LogP contribution in [0.2, 0.25) is 5.02 Å². The number of fused-ring (bicyclic) bond motifs is 1. The minimum absolute atomic E-state index is 0.803. The third-order valence-electron chi connectivity index (χ3n) is 2.15. The van der Waals surface area contributed by atoms with Crippen LogP contribution in [-0.2, 0) is 7.05 Å². The van der Waals surface area contributed by atoms with Crippen LogP contribution in [0.5, 0.6) is 0 Å². The number of rotatable bonds is 0. The van der Waals surface area contributed by atoms with E-state index in [1.807, 2.05) is 25.2 Å². The summed E-state index contributed by atoms with van der Waals surface area (Å²) in [4.78, 5) is 0. The molecule has 1 heterocycles. The number of hydrogen-bond acceptors (Lipinski definition) is 0. The highest BCUT2D eigenvalue weighted by Gasteiger charge is 2.01. The Bertz CT molecular complexity index is 429. The molecule has 0 saturated carbocycles. The summed E-state index contributed by atoms with van der Waals surface area (Å²) in [6.07, 6.45) is 2.11. The summed E-state index contributed by atoms with van der Waals surface area (Å²) in [5.41, 5.74) is 2.51. The Hall–Kier alpha value is -0.950. The second-order valence-electron chi connectivity index (χ2n) is 3.08. The van der Waals surface area contributed by atoms with Crippen molar-refractivity contribution < 1.29 is 0 Å². The lowest BCUT2D eigenvalue weighted by molar-refractivity contribution is 0.964. The molecular weight excluding hydrogens is 170 g/mol. The van der Waals surface area contributed by atoms with E-state index in [0.29, 0.717) is 0 Å². The van der Waals surface area contributed by atoms with Gasteiger partial charge in [-0.15, -0.1) is 0 Å². The van der Waals surface area contributed by atoms with Gasteiger partial charge in [-0.1, -0.05) is 11.6 Å². The van der Waals surface area contributed by atoms with Crippen LogP contribution < -0.4 is 0 Å². The summed E-state index contributed by atoms with van der Waals surface area (Å²) >= 11 is 5.89. The van der Waals surface area contributed by atoms with E-state index < -0.39 is 0 Å². The van der Waals surface area contributed by atoms with Gasteiger partial charge < -0.3 is 4.57 Å². The van der Waals surface area contributed by atoms with Gasteiger partial charge in [-0.2, -0.15) is 0 Å². The van der Waals surface area contributed by atoms with Crippen molar-refractivity contribution in [2.24, 2.45) is 7.05 Å². The molecule has 0 radical (unpaired) electrons. The molecule has 2 rings (SSSR count). The summed E-state index contributed by atoms with van der Waals surface area (Å²) in [6, 6.07) is 5.97. The third kappa shape index (κ3) is 1.01. The van der Waals surface area contributed by atoms with Gasteiger partial charge >= 0.3 is 0 Å². The fourth-order valence-electron chi connectivity index (χ4n) is 1.56. The van der Waals surface area contributed by atoms with Crippen molar-refractivity contribution in [3.63, 3.8) is 0 Å². The van der Waals surface area contributed by atoms with Crippen LogP contribution in [0.25, 0.3) is 10.9 Å². The molecular formula is C10H10ClN. The zero-order chi connectivity index (χ0) is 8.72. The Balaban J connectivity index is 2.90. The quantitative estimate of drug-likeness (QED) is 0.586. The molecule has 1 nitrogen and oxygen atoms in total. The first kappa shape index (κ1) is 7.69. The fraction of sp³-hybridized carbons (Fsp3) is 0.200. The minimum atomic E-state index is 0.803. The van der Waals surface area contributed by atoms with Crippen LogP contribution >= 0.6 is 11.6 Å². The molecule has 0 spiro atoms. The predicted molar refractivity (Wildman–Crippen MR) is 52.7 cm³/mol. The van der Waals surface area contributed by atoms with Crippen molar-refractivity contribution >= 4 is 22.5 Å². The highest BCUT2D eigenvalue weighted by atomic mass is 35.5. The Morgan fingerprint density at radius 3 is 2.83 bits per heavy atom. The molecule has 0 aliphatic rings. The molecule has 0 bridgehead atoms. The van der Waals surface area contributed by atoms with Crippen molar-refractivity contribution in [2.75, 3.05) is 0 Å². The van der Waals surface area contributed by atoms with Gasteiger partial charge in [0, 0.05) is 29.2 Å². The number of halogens is 1. The molecule has 1 aromatic carbocycles. The summed E-state index contributed by atoms with van der Waals surface area (Å²) in [5, 5.41) is 2.04. The molecule has 0 fully saturated rings. The average molecular weight is 180 g/mol. The first-order chi connectivity index (χ1) is 5.68. The monoisotopic (exact) mass is 179 g/mol. The Kier molecular flexibility index (Phi) is 1.62. The van der Waals surface area contributed by atoms with E-state index in [2.05, 4.69) is 17.7 Å². The summed E-state index contributed by atoms with van der Waals surface area (Å²) < 4.78 is 2.11. The largest absolute Gasteiger partial charge is 0.350 e. The van der Waals surface area contributed by atoms with Crippen LogP contribution in [-0.4, -0.2) is 4.57 Å². The zero-order valence-electron chi connectivity index (χ0n) is 7.13. The molecule has 0 saturated heterocycles. The van der Waals surface area contributed by atoms with Gasteiger partial charge in [-0.3, -0.25) is 0 Å². The van der Waals surface area contributed by atoms with Gasteiger partial charge in [0.2, 0.25) is 0 Å². The highest BCUT2D eigenvalue weighted by Crippen LogP contribution is 2.23. The normalized spacial score (nSPS) is 10.9. The maximum absolute atomic E-state index is 5.89. The molecule has 0 aliphatic carbocycles. The lowest BCUT2D eigenvalue weighted by atomic mass is 10.2. The topological polar surface area (TPSA) is 4.93 Å². The number of aryl methyl sites for hydroxylation is 2. The van der Waals surface area contributed by atoms with Crippen LogP contribution in [0.1, 0.15) is 5.56 Å². The lowest BCUT2D eigenvalue weighted by Crippen LogP contribution is -1.82. The molecule has 1 aromatic heterocycles.